The molecule has 0 unspecified atom stereocenters. The highest BCUT2D eigenvalue weighted by atomic mass is 35.5. The molecule has 1 N–H and O–H groups in total. The molecule has 37 heavy (non-hydrogen) atoms. The van der Waals surface area contributed by atoms with Crippen molar-refractivity contribution in [2.24, 2.45) is 0 Å². The van der Waals surface area contributed by atoms with Gasteiger partial charge >= 0.3 is 6.09 Å². The second kappa shape index (κ2) is 10.1. The van der Waals surface area contributed by atoms with Gasteiger partial charge in [0.05, 0.1) is 5.69 Å². The number of carbonyl (C=O) groups is 2. The molecule has 1 atom stereocenters. The van der Waals surface area contributed by atoms with Crippen molar-refractivity contribution >= 4 is 30.0 Å². The number of rotatable bonds is 8. The maximum absolute atomic E-state index is 12.7. The Morgan fingerprint density at radius 1 is 1.05 bits per heavy atom. The van der Waals surface area contributed by atoms with E-state index < -0.39 is 17.8 Å². The van der Waals surface area contributed by atoms with Crippen molar-refractivity contribution in [1.29, 1.82) is 0 Å². The van der Waals surface area contributed by atoms with E-state index in [1.54, 1.807) is 24.6 Å². The Bertz CT molecular complexity index is 1430. The number of hydrogen-bond acceptors (Lipinski definition) is 6. The molecule has 9 heteroatoms. The van der Waals surface area contributed by atoms with Crippen LogP contribution in [0.15, 0.2) is 72.8 Å². The molecule has 0 saturated heterocycles. The molecule has 3 aromatic carbocycles. The third-order valence-electron chi connectivity index (χ3n) is 6.52. The number of nitrogens with one attached hydrogen (secondary N) is 1. The van der Waals surface area contributed by atoms with Crippen LogP contribution in [0.1, 0.15) is 42.7 Å². The van der Waals surface area contributed by atoms with Crippen molar-refractivity contribution < 1.29 is 19.1 Å². The summed E-state index contributed by atoms with van der Waals surface area (Å²) in [5.41, 5.74) is 4.59. The Morgan fingerprint density at radius 2 is 1.70 bits per heavy atom. The van der Waals surface area contributed by atoms with Gasteiger partial charge in [-0.1, -0.05) is 71.4 Å². The van der Waals surface area contributed by atoms with Gasteiger partial charge in [-0.3, -0.25) is 10.1 Å². The molecule has 4 aromatic rings. The fourth-order valence-corrected chi connectivity index (χ4v) is 4.57. The van der Waals surface area contributed by atoms with Crippen LogP contribution >= 0.6 is 11.6 Å². The first-order valence-corrected chi connectivity index (χ1v) is 12.3. The fourth-order valence-electron chi connectivity index (χ4n) is 4.28. The molecule has 5 rings (SSSR count). The van der Waals surface area contributed by atoms with Crippen molar-refractivity contribution in [3.05, 3.63) is 94.6 Å². The smallest absolute Gasteiger partial charge is 0.413 e. The lowest BCUT2D eigenvalue weighted by molar-refractivity contribution is -0.136. The second-order valence-electron chi connectivity index (χ2n) is 8.96. The van der Waals surface area contributed by atoms with Gasteiger partial charge in [-0.25, -0.2) is 4.79 Å². The minimum absolute atomic E-state index is 0.415. The number of ether oxygens (including phenoxy) is 2. The molecule has 1 fully saturated rings. The standard InChI is InChI=1S/C28H25ClN4O4/c1-18-26(30-27(35)37-19(2)24-5-3-4-6-25(24)29)33(32-31-18)23-13-9-21(10-14-23)20-7-11-22(12-8-20)28(15-16-28)36-17-34/h3-14,17,19H,15-16H2,1-2H3,(H,30,35)/t19-/m1/s1. The van der Waals surface area contributed by atoms with Gasteiger partial charge in [0.1, 0.15) is 17.4 Å². The third-order valence-corrected chi connectivity index (χ3v) is 6.86. The lowest BCUT2D eigenvalue weighted by Gasteiger charge is -2.16. The third kappa shape index (κ3) is 5.06. The van der Waals surface area contributed by atoms with E-state index in [4.69, 9.17) is 21.1 Å². The molecule has 0 radical (unpaired) electrons. The molecular weight excluding hydrogens is 492 g/mol. The van der Waals surface area contributed by atoms with Gasteiger partial charge in [-0.2, -0.15) is 4.68 Å². The van der Waals surface area contributed by atoms with Crippen molar-refractivity contribution in [1.82, 2.24) is 15.0 Å². The lowest BCUT2D eigenvalue weighted by Crippen LogP contribution is -2.19. The Labute approximate surface area is 219 Å². The largest absolute Gasteiger partial charge is 0.456 e. The number of nitrogens with zero attached hydrogens (tertiary/aromatic N) is 3. The molecule has 1 aliphatic rings. The predicted molar refractivity (Wildman–Crippen MR) is 140 cm³/mol. The van der Waals surface area contributed by atoms with Crippen LogP contribution in [0.4, 0.5) is 10.6 Å². The van der Waals surface area contributed by atoms with Crippen LogP contribution in [0.3, 0.4) is 0 Å². The van der Waals surface area contributed by atoms with Crippen molar-refractivity contribution in [2.45, 2.75) is 38.4 Å². The normalized spacial score (nSPS) is 14.5. The summed E-state index contributed by atoms with van der Waals surface area (Å²) in [6.07, 6.45) is 0.520. The Balaban J connectivity index is 1.30. The van der Waals surface area contributed by atoms with Crippen LogP contribution in [-0.2, 0) is 19.9 Å². The highest BCUT2D eigenvalue weighted by Gasteiger charge is 2.46. The van der Waals surface area contributed by atoms with E-state index in [2.05, 4.69) is 15.6 Å². The molecule has 1 aliphatic carbocycles. The number of amides is 1. The average Bonchev–Trinajstić information content (AvgIpc) is 3.61. The minimum Gasteiger partial charge on any atom is -0.456 e. The quantitative estimate of drug-likeness (QED) is 0.273. The zero-order valence-electron chi connectivity index (χ0n) is 20.3. The van der Waals surface area contributed by atoms with Gasteiger partial charge in [-0.15, -0.1) is 5.10 Å². The molecule has 1 amide bonds. The van der Waals surface area contributed by atoms with E-state index in [0.717, 1.165) is 40.8 Å². The number of aromatic nitrogens is 3. The van der Waals surface area contributed by atoms with Gasteiger partial charge in [0, 0.05) is 10.6 Å². The highest BCUT2D eigenvalue weighted by molar-refractivity contribution is 6.31. The predicted octanol–water partition coefficient (Wildman–Crippen LogP) is 6.37. The molecule has 0 aliphatic heterocycles. The SMILES string of the molecule is Cc1nnn(-c2ccc(-c3ccc(C4(OC=O)CC4)cc3)cc2)c1NC(=O)O[C@H](C)c1ccccc1Cl. The van der Waals surface area contributed by atoms with E-state index in [1.807, 2.05) is 66.7 Å². The Morgan fingerprint density at radius 3 is 2.32 bits per heavy atom. The average molecular weight is 517 g/mol. The van der Waals surface area contributed by atoms with E-state index in [1.165, 1.54) is 0 Å². The summed E-state index contributed by atoms with van der Waals surface area (Å²) in [6, 6.07) is 23.0. The van der Waals surface area contributed by atoms with Gasteiger partial charge in [0.15, 0.2) is 5.82 Å². The zero-order valence-corrected chi connectivity index (χ0v) is 21.1. The van der Waals surface area contributed by atoms with Crippen LogP contribution in [0, 0.1) is 6.92 Å². The maximum atomic E-state index is 12.7. The lowest BCUT2D eigenvalue weighted by atomic mass is 10.0. The van der Waals surface area contributed by atoms with Gasteiger partial charge < -0.3 is 9.47 Å². The van der Waals surface area contributed by atoms with Gasteiger partial charge in [-0.05, 0) is 61.6 Å². The maximum Gasteiger partial charge on any atom is 0.413 e. The summed E-state index contributed by atoms with van der Waals surface area (Å²) in [6.45, 7) is 4.04. The first-order chi connectivity index (χ1) is 17.9. The molecule has 0 spiro atoms. The van der Waals surface area contributed by atoms with Gasteiger partial charge in [0.25, 0.3) is 6.47 Å². The van der Waals surface area contributed by atoms with Crippen LogP contribution in [0.5, 0.6) is 0 Å². The van der Waals surface area contributed by atoms with E-state index in [0.29, 0.717) is 23.0 Å². The van der Waals surface area contributed by atoms with Crippen molar-refractivity contribution in [3.8, 4) is 16.8 Å². The molecule has 0 bridgehead atoms. The molecule has 8 nitrogen and oxygen atoms in total. The van der Waals surface area contributed by atoms with Crippen LogP contribution < -0.4 is 5.32 Å². The topological polar surface area (TPSA) is 95.3 Å². The zero-order chi connectivity index (χ0) is 26.0. The number of benzene rings is 3. The van der Waals surface area contributed by atoms with Crippen LogP contribution in [0.2, 0.25) is 5.02 Å². The number of aryl methyl sites for hydroxylation is 1. The summed E-state index contributed by atoms with van der Waals surface area (Å²) in [7, 11) is 0. The van der Waals surface area contributed by atoms with Crippen LogP contribution in [0.25, 0.3) is 16.8 Å². The first-order valence-electron chi connectivity index (χ1n) is 11.9. The van der Waals surface area contributed by atoms with E-state index in [-0.39, 0.29) is 0 Å². The first kappa shape index (κ1) is 24.5. The van der Waals surface area contributed by atoms with E-state index in [9.17, 15) is 9.59 Å². The number of halogens is 1. The molecular formula is C28H25ClN4O4. The van der Waals surface area contributed by atoms with Crippen molar-refractivity contribution in [3.63, 3.8) is 0 Å². The number of carbonyl (C=O) groups excluding carboxylic acids is 2. The Kier molecular flexibility index (Phi) is 6.67. The molecule has 1 saturated carbocycles. The summed E-state index contributed by atoms with van der Waals surface area (Å²) < 4.78 is 12.4. The second-order valence-corrected chi connectivity index (χ2v) is 9.37. The van der Waals surface area contributed by atoms with E-state index >= 15 is 0 Å². The summed E-state index contributed by atoms with van der Waals surface area (Å²) >= 11 is 6.22. The minimum atomic E-state index is -0.636. The number of anilines is 1. The number of hydrogen-bond donors (Lipinski definition) is 1. The van der Waals surface area contributed by atoms with Gasteiger partial charge in [0.2, 0.25) is 0 Å². The highest BCUT2D eigenvalue weighted by Crippen LogP contribution is 2.49. The summed E-state index contributed by atoms with van der Waals surface area (Å²) in [4.78, 5) is 23.5. The van der Waals surface area contributed by atoms with Crippen LogP contribution in [-0.4, -0.2) is 27.6 Å². The molecule has 1 heterocycles. The molecule has 188 valence electrons. The van der Waals surface area contributed by atoms with Crippen molar-refractivity contribution in [2.75, 3.05) is 5.32 Å². The monoisotopic (exact) mass is 516 g/mol. The summed E-state index contributed by atoms with van der Waals surface area (Å²) in [5, 5.41) is 11.6. The Hall–Kier alpha value is -4.17. The summed E-state index contributed by atoms with van der Waals surface area (Å²) in [5.74, 6) is 0.415. The fraction of sp³-hybridized carbons (Fsp3) is 0.214. The molecule has 1 aromatic heterocycles.